The van der Waals surface area contributed by atoms with Crippen LogP contribution in [0.2, 0.25) is 0 Å². The molecule has 0 bridgehead atoms. The predicted octanol–water partition coefficient (Wildman–Crippen LogP) is 1.33. The van der Waals surface area contributed by atoms with Gasteiger partial charge in [-0.15, -0.1) is 6.58 Å². The van der Waals surface area contributed by atoms with Gasteiger partial charge in [-0.25, -0.2) is 0 Å². The molecule has 0 N–H and O–H groups in total. The van der Waals surface area contributed by atoms with Crippen LogP contribution in [-0.2, 0) is 9.47 Å². The summed E-state index contributed by atoms with van der Waals surface area (Å²) in [5, 5.41) is 0. The van der Waals surface area contributed by atoms with E-state index in [4.69, 9.17) is 9.47 Å². The third kappa shape index (κ3) is 2.16. The summed E-state index contributed by atoms with van der Waals surface area (Å²) in [6, 6.07) is 0. The highest BCUT2D eigenvalue weighted by Gasteiger charge is 2.10. The van der Waals surface area contributed by atoms with Crippen molar-refractivity contribution in [2.75, 3.05) is 13.2 Å². The van der Waals surface area contributed by atoms with E-state index in [-0.39, 0.29) is 6.29 Å². The normalized spacial score (nSPS) is 21.8. The van der Waals surface area contributed by atoms with Crippen LogP contribution in [0.4, 0.5) is 0 Å². The minimum Gasteiger partial charge on any atom is -0.352 e. The molecule has 52 valence electrons. The lowest BCUT2D eigenvalue weighted by Gasteiger charge is -2.21. The molecule has 0 aliphatic carbocycles. The van der Waals surface area contributed by atoms with Gasteiger partial charge in [0.1, 0.15) is 0 Å². The molecule has 1 heterocycles. The fourth-order valence-electron chi connectivity index (χ4n) is 0.809. The number of hydrogen-bond acceptors (Lipinski definition) is 2. The van der Waals surface area contributed by atoms with Crippen molar-refractivity contribution in [1.29, 1.82) is 0 Å². The average Bonchev–Trinajstić information content (AvgIpc) is 1.91. The van der Waals surface area contributed by atoms with Gasteiger partial charge in [-0.05, 0) is 6.42 Å². The molecule has 0 aromatic heterocycles. The summed E-state index contributed by atoms with van der Waals surface area (Å²) < 4.78 is 10.4. The lowest BCUT2D eigenvalue weighted by molar-refractivity contribution is -0.175. The molecular formula is C7H12O2. The Morgan fingerprint density at radius 3 is 2.67 bits per heavy atom. The molecule has 0 spiro atoms. The van der Waals surface area contributed by atoms with E-state index in [9.17, 15) is 0 Å². The van der Waals surface area contributed by atoms with Gasteiger partial charge >= 0.3 is 0 Å². The Morgan fingerprint density at radius 2 is 2.11 bits per heavy atom. The van der Waals surface area contributed by atoms with Gasteiger partial charge < -0.3 is 9.47 Å². The quantitative estimate of drug-likeness (QED) is 0.522. The Labute approximate surface area is 55.5 Å². The summed E-state index contributed by atoms with van der Waals surface area (Å²) >= 11 is 0. The molecule has 1 fully saturated rings. The van der Waals surface area contributed by atoms with E-state index in [1.807, 2.05) is 6.08 Å². The molecule has 1 saturated heterocycles. The van der Waals surface area contributed by atoms with Crippen LogP contribution in [0.15, 0.2) is 12.7 Å². The highest BCUT2D eigenvalue weighted by Crippen LogP contribution is 2.07. The van der Waals surface area contributed by atoms with Crippen LogP contribution < -0.4 is 0 Å². The van der Waals surface area contributed by atoms with E-state index in [0.29, 0.717) is 0 Å². The highest BCUT2D eigenvalue weighted by molar-refractivity contribution is 4.69. The first-order chi connectivity index (χ1) is 4.43. The fraction of sp³-hybridized carbons (Fsp3) is 0.714. The van der Waals surface area contributed by atoms with Crippen LogP contribution >= 0.6 is 0 Å². The summed E-state index contributed by atoms with van der Waals surface area (Å²) in [4.78, 5) is 0. The van der Waals surface area contributed by atoms with Crippen molar-refractivity contribution in [3.05, 3.63) is 12.7 Å². The van der Waals surface area contributed by atoms with Crippen molar-refractivity contribution in [3.8, 4) is 0 Å². The molecule has 1 aliphatic rings. The number of rotatable bonds is 2. The molecule has 1 aliphatic heterocycles. The molecule has 1 rings (SSSR count). The topological polar surface area (TPSA) is 18.5 Å². The Bertz CT molecular complexity index is 84.9. The number of ether oxygens (including phenoxy) is 2. The first-order valence-corrected chi connectivity index (χ1v) is 3.27. The van der Waals surface area contributed by atoms with Crippen LogP contribution in [0.3, 0.4) is 0 Å². The van der Waals surface area contributed by atoms with Crippen molar-refractivity contribution in [3.63, 3.8) is 0 Å². The van der Waals surface area contributed by atoms with Crippen molar-refractivity contribution in [2.24, 2.45) is 0 Å². The molecule has 0 aromatic rings. The van der Waals surface area contributed by atoms with Gasteiger partial charge in [0.15, 0.2) is 6.29 Å². The van der Waals surface area contributed by atoms with Crippen LogP contribution in [-0.4, -0.2) is 19.5 Å². The molecule has 0 radical (unpaired) electrons. The standard InChI is InChI=1S/C7H12O2/c1-2-4-7-8-5-3-6-9-7/h2,7H,1,3-6H2. The largest absolute Gasteiger partial charge is 0.352 e. The van der Waals surface area contributed by atoms with E-state index < -0.39 is 0 Å². The summed E-state index contributed by atoms with van der Waals surface area (Å²) in [6.45, 7) is 5.26. The van der Waals surface area contributed by atoms with Crippen LogP contribution in [0, 0.1) is 0 Å². The lowest BCUT2D eigenvalue weighted by Crippen LogP contribution is -2.23. The fourth-order valence-corrected chi connectivity index (χ4v) is 0.809. The maximum Gasteiger partial charge on any atom is 0.160 e. The van der Waals surface area contributed by atoms with Crippen LogP contribution in [0.25, 0.3) is 0 Å². The van der Waals surface area contributed by atoms with Crippen molar-refractivity contribution in [2.45, 2.75) is 19.1 Å². The van der Waals surface area contributed by atoms with E-state index >= 15 is 0 Å². The molecule has 0 atom stereocenters. The SMILES string of the molecule is C=CCC1OCCCO1. The second-order valence-corrected chi connectivity index (χ2v) is 2.05. The Hall–Kier alpha value is -0.340. The first-order valence-electron chi connectivity index (χ1n) is 3.27. The average molecular weight is 128 g/mol. The van der Waals surface area contributed by atoms with Crippen LogP contribution in [0.1, 0.15) is 12.8 Å². The third-order valence-corrected chi connectivity index (χ3v) is 1.26. The van der Waals surface area contributed by atoms with Gasteiger partial charge in [-0.2, -0.15) is 0 Å². The molecule has 2 heteroatoms. The Balaban J connectivity index is 2.15. The zero-order valence-corrected chi connectivity index (χ0v) is 5.51. The van der Waals surface area contributed by atoms with Crippen molar-refractivity contribution in [1.82, 2.24) is 0 Å². The Kier molecular flexibility index (Phi) is 2.74. The van der Waals surface area contributed by atoms with E-state index in [1.165, 1.54) is 0 Å². The second kappa shape index (κ2) is 3.64. The number of hydrogen-bond donors (Lipinski definition) is 0. The summed E-state index contributed by atoms with van der Waals surface area (Å²) in [7, 11) is 0. The molecule has 0 unspecified atom stereocenters. The lowest BCUT2D eigenvalue weighted by atomic mass is 10.4. The van der Waals surface area contributed by atoms with Gasteiger partial charge in [-0.3, -0.25) is 0 Å². The minimum atomic E-state index is -0.0174. The van der Waals surface area contributed by atoms with Crippen molar-refractivity contribution < 1.29 is 9.47 Å². The van der Waals surface area contributed by atoms with Gasteiger partial charge in [0.2, 0.25) is 0 Å². The van der Waals surface area contributed by atoms with E-state index in [1.54, 1.807) is 0 Å². The zero-order valence-electron chi connectivity index (χ0n) is 5.51. The Morgan fingerprint density at radius 1 is 1.44 bits per heavy atom. The van der Waals surface area contributed by atoms with Gasteiger partial charge in [-0.1, -0.05) is 6.08 Å². The maximum absolute atomic E-state index is 5.22. The van der Waals surface area contributed by atoms with Gasteiger partial charge in [0.25, 0.3) is 0 Å². The first kappa shape index (κ1) is 6.78. The predicted molar refractivity (Wildman–Crippen MR) is 35.1 cm³/mol. The highest BCUT2D eigenvalue weighted by atomic mass is 16.7. The van der Waals surface area contributed by atoms with Gasteiger partial charge in [0, 0.05) is 6.42 Å². The third-order valence-electron chi connectivity index (χ3n) is 1.26. The molecular weight excluding hydrogens is 116 g/mol. The summed E-state index contributed by atoms with van der Waals surface area (Å²) in [5.74, 6) is 0. The minimum absolute atomic E-state index is 0.0174. The monoisotopic (exact) mass is 128 g/mol. The second-order valence-electron chi connectivity index (χ2n) is 2.05. The van der Waals surface area contributed by atoms with E-state index in [2.05, 4.69) is 6.58 Å². The maximum atomic E-state index is 5.22. The smallest absolute Gasteiger partial charge is 0.160 e. The van der Waals surface area contributed by atoms with Crippen LogP contribution in [0.5, 0.6) is 0 Å². The molecule has 0 aromatic carbocycles. The van der Waals surface area contributed by atoms with E-state index in [0.717, 1.165) is 26.1 Å². The molecule has 2 nitrogen and oxygen atoms in total. The molecule has 0 amide bonds. The zero-order chi connectivity index (χ0) is 6.53. The summed E-state index contributed by atoms with van der Waals surface area (Å²) in [6.07, 6.45) is 3.63. The van der Waals surface area contributed by atoms with Crippen molar-refractivity contribution >= 4 is 0 Å². The summed E-state index contributed by atoms with van der Waals surface area (Å²) in [5.41, 5.74) is 0. The van der Waals surface area contributed by atoms with Gasteiger partial charge in [0.05, 0.1) is 13.2 Å². The molecule has 9 heavy (non-hydrogen) atoms. The molecule has 0 saturated carbocycles.